The third-order valence-corrected chi connectivity index (χ3v) is 1.67. The summed E-state index contributed by atoms with van der Waals surface area (Å²) in [6.45, 7) is 1.78. The van der Waals surface area contributed by atoms with Gasteiger partial charge in [0, 0.05) is 6.21 Å². The predicted molar refractivity (Wildman–Crippen MR) is 48.1 cm³/mol. The van der Waals surface area contributed by atoms with Crippen molar-refractivity contribution in [2.75, 3.05) is 13.2 Å². The Hall–Kier alpha value is -1.77. The van der Waals surface area contributed by atoms with Crippen molar-refractivity contribution in [2.45, 2.75) is 6.18 Å². The predicted octanol–water partition coefficient (Wildman–Crippen LogP) is -0.130. The Morgan fingerprint density at radius 2 is 2.19 bits per heavy atom. The molecule has 6 nitrogen and oxygen atoms in total. The van der Waals surface area contributed by atoms with Gasteiger partial charge in [-0.3, -0.25) is 4.99 Å². The summed E-state index contributed by atoms with van der Waals surface area (Å²) in [6, 6.07) is 0. The number of nitrogens with zero attached hydrogens (tertiary/aromatic N) is 2. The van der Waals surface area contributed by atoms with E-state index in [9.17, 15) is 13.2 Å². The van der Waals surface area contributed by atoms with Gasteiger partial charge in [-0.05, 0) is 0 Å². The number of hydrogen-bond donors (Lipinski definition) is 3. The minimum atomic E-state index is -5.08. The van der Waals surface area contributed by atoms with E-state index in [-0.39, 0.29) is 0 Å². The molecule has 0 atom stereocenters. The number of carbonyl (C=O) groups is 1. The van der Waals surface area contributed by atoms with Crippen molar-refractivity contribution in [3.8, 4) is 0 Å². The first-order valence-corrected chi connectivity index (χ1v) is 4.17. The monoisotopic (exact) mass is 238 g/mol. The summed E-state index contributed by atoms with van der Waals surface area (Å²) < 4.78 is 31.7. The summed E-state index contributed by atoms with van der Waals surface area (Å²) in [5.41, 5.74) is 5.97. The number of rotatable bonds is 0. The molecule has 0 aromatic carbocycles. The van der Waals surface area contributed by atoms with Crippen LogP contribution >= 0.6 is 0 Å². The van der Waals surface area contributed by atoms with Crippen LogP contribution in [0.1, 0.15) is 0 Å². The Labute approximate surface area is 88.4 Å². The molecule has 0 aliphatic carbocycles. The fourth-order valence-corrected chi connectivity index (χ4v) is 0.936. The largest absolute Gasteiger partial charge is 0.490 e. The Kier molecular flexibility index (Phi) is 3.72. The van der Waals surface area contributed by atoms with Crippen molar-refractivity contribution < 1.29 is 23.1 Å². The molecule has 2 heterocycles. The molecule has 0 radical (unpaired) electrons. The van der Waals surface area contributed by atoms with Crippen molar-refractivity contribution in [3.05, 3.63) is 12.0 Å². The first-order valence-electron chi connectivity index (χ1n) is 4.17. The number of halogens is 3. The lowest BCUT2D eigenvalue weighted by atomic mass is 10.5. The van der Waals surface area contributed by atoms with Gasteiger partial charge in [0.15, 0.2) is 0 Å². The lowest BCUT2D eigenvalue weighted by molar-refractivity contribution is -0.192. The lowest BCUT2D eigenvalue weighted by Gasteiger charge is -2.15. The maximum atomic E-state index is 10.6. The molecule has 3 N–H and O–H groups in total. The Balaban J connectivity index is 0.000000168. The summed E-state index contributed by atoms with van der Waals surface area (Å²) in [4.78, 5) is 15.0. The van der Waals surface area contributed by atoms with Crippen LogP contribution in [0.3, 0.4) is 0 Å². The minimum Gasteiger partial charge on any atom is -0.475 e. The molecule has 0 aromatic rings. The third kappa shape index (κ3) is 3.42. The molecular weight excluding hydrogens is 229 g/mol. The Bertz CT molecular complexity index is 326. The number of nitrogens with one attached hydrogen (secondary N) is 2. The molecule has 0 unspecified atom stereocenters. The summed E-state index contributed by atoms with van der Waals surface area (Å²) in [5.74, 6) is -1.69. The van der Waals surface area contributed by atoms with Crippen molar-refractivity contribution in [1.29, 1.82) is 0 Å². The van der Waals surface area contributed by atoms with Crippen LogP contribution in [0.5, 0.6) is 0 Å². The number of aliphatic carboxylic acids is 1. The highest BCUT2D eigenvalue weighted by atomic mass is 19.4. The van der Waals surface area contributed by atoms with Crippen molar-refractivity contribution in [2.24, 2.45) is 4.99 Å². The van der Waals surface area contributed by atoms with Crippen LogP contribution in [0, 0.1) is 0 Å². The molecule has 16 heavy (non-hydrogen) atoms. The molecule has 0 amide bonds. The Morgan fingerprint density at radius 3 is 2.69 bits per heavy atom. The zero-order chi connectivity index (χ0) is 12.2. The second-order valence-corrected chi connectivity index (χ2v) is 2.83. The van der Waals surface area contributed by atoms with Gasteiger partial charge >= 0.3 is 12.1 Å². The van der Waals surface area contributed by atoms with E-state index in [1.54, 1.807) is 0 Å². The van der Waals surface area contributed by atoms with E-state index in [2.05, 4.69) is 20.7 Å². The first kappa shape index (κ1) is 12.3. The van der Waals surface area contributed by atoms with Crippen LogP contribution in [0.25, 0.3) is 0 Å². The average molecular weight is 238 g/mol. The van der Waals surface area contributed by atoms with E-state index in [4.69, 9.17) is 9.90 Å². The molecule has 9 heteroatoms. The van der Waals surface area contributed by atoms with Gasteiger partial charge in [0.1, 0.15) is 5.82 Å². The maximum Gasteiger partial charge on any atom is 0.490 e. The van der Waals surface area contributed by atoms with E-state index in [1.807, 2.05) is 12.4 Å². The summed E-state index contributed by atoms with van der Waals surface area (Å²) in [6.07, 6.45) is -1.39. The average Bonchev–Trinajstić information content (AvgIpc) is 2.64. The van der Waals surface area contributed by atoms with Gasteiger partial charge in [0.25, 0.3) is 0 Å². The van der Waals surface area contributed by atoms with Crippen molar-refractivity contribution in [1.82, 2.24) is 15.8 Å². The normalized spacial score (nSPS) is 17.9. The second-order valence-electron chi connectivity index (χ2n) is 2.83. The molecule has 0 aromatic heterocycles. The molecule has 90 valence electrons. The summed E-state index contributed by atoms with van der Waals surface area (Å²) in [5, 5.41) is 7.12. The van der Waals surface area contributed by atoms with Gasteiger partial charge in [-0.2, -0.15) is 13.2 Å². The Morgan fingerprint density at radius 1 is 1.56 bits per heavy atom. The second kappa shape index (κ2) is 4.84. The molecule has 0 saturated carbocycles. The van der Waals surface area contributed by atoms with E-state index in [0.717, 1.165) is 19.0 Å². The highest BCUT2D eigenvalue weighted by Gasteiger charge is 2.38. The smallest absolute Gasteiger partial charge is 0.475 e. The third-order valence-electron chi connectivity index (χ3n) is 1.67. The van der Waals surface area contributed by atoms with Gasteiger partial charge in [0.2, 0.25) is 0 Å². The first-order chi connectivity index (χ1) is 7.41. The highest BCUT2D eigenvalue weighted by Crippen LogP contribution is 2.13. The topological polar surface area (TPSA) is 77.0 Å². The highest BCUT2D eigenvalue weighted by molar-refractivity contribution is 5.73. The summed E-state index contributed by atoms with van der Waals surface area (Å²) >= 11 is 0. The number of fused-ring (bicyclic) bond motifs is 1. The number of hydrogen-bond acceptors (Lipinski definition) is 5. The van der Waals surface area contributed by atoms with E-state index in [1.165, 1.54) is 0 Å². The fraction of sp³-hybridized carbons (Fsp3) is 0.429. The molecule has 0 bridgehead atoms. The van der Waals surface area contributed by atoms with Gasteiger partial charge in [-0.25, -0.2) is 10.2 Å². The molecule has 2 aliphatic heterocycles. The quantitative estimate of drug-likeness (QED) is 0.548. The van der Waals surface area contributed by atoms with Crippen molar-refractivity contribution in [3.63, 3.8) is 0 Å². The van der Waals surface area contributed by atoms with E-state index >= 15 is 0 Å². The standard InChI is InChI=1S/C5H8N4.C2HF3O2/c1-2-9-4-7-8-5(9)3-6-1;3-2(4,5)1(6)7/h1,3,7-8H,2,4H2;(H,6,7). The molecule has 1 saturated heterocycles. The maximum absolute atomic E-state index is 10.6. The molecular formula is C7H9F3N4O2. The van der Waals surface area contributed by atoms with Crippen molar-refractivity contribution >= 4 is 12.2 Å². The van der Waals surface area contributed by atoms with E-state index < -0.39 is 12.1 Å². The van der Waals surface area contributed by atoms with Crippen LogP contribution in [-0.2, 0) is 4.79 Å². The van der Waals surface area contributed by atoms with Crippen LogP contribution in [0.4, 0.5) is 13.2 Å². The van der Waals surface area contributed by atoms with Gasteiger partial charge in [-0.15, -0.1) is 0 Å². The summed E-state index contributed by atoms with van der Waals surface area (Å²) in [7, 11) is 0. The van der Waals surface area contributed by atoms with Crippen LogP contribution in [0.15, 0.2) is 17.0 Å². The molecule has 2 rings (SSSR count). The van der Waals surface area contributed by atoms with Gasteiger partial charge in [0.05, 0.1) is 19.4 Å². The zero-order valence-corrected chi connectivity index (χ0v) is 7.95. The lowest BCUT2D eigenvalue weighted by Crippen LogP contribution is -2.24. The van der Waals surface area contributed by atoms with Crippen LogP contribution in [0.2, 0.25) is 0 Å². The van der Waals surface area contributed by atoms with Crippen LogP contribution < -0.4 is 10.9 Å². The minimum absolute atomic E-state index is 0.873. The number of carboxylic acid groups (broad SMARTS) is 1. The molecule has 1 fully saturated rings. The number of alkyl halides is 3. The number of hydrazine groups is 1. The molecule has 2 aliphatic rings. The number of carboxylic acids is 1. The fourth-order valence-electron chi connectivity index (χ4n) is 0.936. The van der Waals surface area contributed by atoms with Gasteiger partial charge < -0.3 is 15.4 Å². The van der Waals surface area contributed by atoms with E-state index in [0.29, 0.717) is 0 Å². The zero-order valence-electron chi connectivity index (χ0n) is 7.95. The molecule has 0 spiro atoms. The van der Waals surface area contributed by atoms with Crippen LogP contribution in [-0.4, -0.2) is 41.6 Å². The SMILES string of the molecule is C1=NC=C2NNCN2C1.O=C(O)C(F)(F)F. The van der Waals surface area contributed by atoms with Gasteiger partial charge in [-0.1, -0.05) is 0 Å². The number of aliphatic imine (C=N–C) groups is 1.